The lowest BCUT2D eigenvalue weighted by atomic mass is 10.2. The number of likely N-dealkylation sites (N-methyl/N-ethyl adjacent to an activating group) is 1. The number of hydrogen-bond donors (Lipinski definition) is 1. The summed E-state index contributed by atoms with van der Waals surface area (Å²) in [4.78, 5) is 30.5. The van der Waals surface area contributed by atoms with Crippen LogP contribution in [0.5, 0.6) is 0 Å². The maximum atomic E-state index is 13.1. The molecule has 3 aromatic rings. The topological polar surface area (TPSA) is 65.8 Å². The lowest BCUT2D eigenvalue weighted by Gasteiger charge is -2.32. The number of thiophene rings is 1. The number of rotatable bonds is 4. The van der Waals surface area contributed by atoms with E-state index in [4.69, 9.17) is 4.42 Å². The van der Waals surface area contributed by atoms with Gasteiger partial charge in [-0.25, -0.2) is 0 Å². The first-order chi connectivity index (χ1) is 13.1. The largest absolute Gasteiger partial charge is 0.449 e. The van der Waals surface area contributed by atoms with Crippen molar-refractivity contribution < 1.29 is 14.0 Å². The van der Waals surface area contributed by atoms with Crippen LogP contribution < -0.4 is 5.32 Å². The molecule has 140 valence electrons. The fourth-order valence-corrected chi connectivity index (χ4v) is 3.93. The van der Waals surface area contributed by atoms with Gasteiger partial charge >= 0.3 is 0 Å². The van der Waals surface area contributed by atoms with E-state index in [1.54, 1.807) is 4.90 Å². The molecule has 1 aliphatic rings. The zero-order valence-corrected chi connectivity index (χ0v) is 15.9. The van der Waals surface area contributed by atoms with Gasteiger partial charge in [-0.2, -0.15) is 0 Å². The van der Waals surface area contributed by atoms with Crippen LogP contribution in [0.1, 0.15) is 15.4 Å². The van der Waals surface area contributed by atoms with Crippen molar-refractivity contribution in [1.82, 2.24) is 9.80 Å². The third-order valence-electron chi connectivity index (χ3n) is 4.76. The molecule has 1 aromatic carbocycles. The second-order valence-electron chi connectivity index (χ2n) is 6.70. The van der Waals surface area contributed by atoms with Crippen molar-refractivity contribution in [3.05, 3.63) is 52.4 Å². The van der Waals surface area contributed by atoms with Gasteiger partial charge in [0.25, 0.3) is 5.91 Å². The van der Waals surface area contributed by atoms with Crippen LogP contribution in [0, 0.1) is 0 Å². The average Bonchev–Trinajstić information content (AvgIpc) is 3.30. The Morgan fingerprint density at radius 2 is 1.89 bits per heavy atom. The van der Waals surface area contributed by atoms with E-state index in [2.05, 4.69) is 10.2 Å². The highest BCUT2D eigenvalue weighted by atomic mass is 32.1. The van der Waals surface area contributed by atoms with Gasteiger partial charge in [-0.05, 0) is 30.6 Å². The van der Waals surface area contributed by atoms with E-state index >= 15 is 0 Å². The van der Waals surface area contributed by atoms with Crippen LogP contribution in [0.15, 0.2) is 46.2 Å². The Morgan fingerprint density at radius 1 is 1.11 bits per heavy atom. The van der Waals surface area contributed by atoms with E-state index in [-0.39, 0.29) is 24.0 Å². The van der Waals surface area contributed by atoms with Crippen molar-refractivity contribution in [2.24, 2.45) is 0 Å². The van der Waals surface area contributed by atoms with Gasteiger partial charge in [-0.3, -0.25) is 9.59 Å². The number of hydrogen-bond acceptors (Lipinski definition) is 5. The SMILES string of the molecule is CN1CCN(C(=O)c2oc3ccccc3c2NC(=O)Cc2cccs2)CC1. The summed E-state index contributed by atoms with van der Waals surface area (Å²) in [5.41, 5.74) is 1.07. The lowest BCUT2D eigenvalue weighted by molar-refractivity contribution is -0.115. The number of anilines is 1. The van der Waals surface area contributed by atoms with Crippen LogP contribution >= 0.6 is 11.3 Å². The van der Waals surface area contributed by atoms with Gasteiger partial charge in [0.05, 0.1) is 6.42 Å². The molecule has 7 heteroatoms. The van der Waals surface area contributed by atoms with Crippen molar-refractivity contribution in [3.63, 3.8) is 0 Å². The molecule has 1 fully saturated rings. The summed E-state index contributed by atoms with van der Waals surface area (Å²) in [5.74, 6) is -0.123. The standard InChI is InChI=1S/C20H21N3O3S/c1-22-8-10-23(11-9-22)20(25)19-18(15-6-2-3-7-16(15)26-19)21-17(24)13-14-5-4-12-27-14/h2-7,12H,8-11,13H2,1H3,(H,21,24). The first kappa shape index (κ1) is 17.8. The van der Waals surface area contributed by atoms with E-state index in [9.17, 15) is 9.59 Å². The number of fused-ring (bicyclic) bond motifs is 1. The highest BCUT2D eigenvalue weighted by Gasteiger charge is 2.28. The van der Waals surface area contributed by atoms with Crippen LogP contribution in [-0.2, 0) is 11.2 Å². The van der Waals surface area contributed by atoms with Crippen molar-refractivity contribution in [3.8, 4) is 0 Å². The van der Waals surface area contributed by atoms with Crippen LogP contribution in [0.25, 0.3) is 11.0 Å². The Labute approximate surface area is 161 Å². The number of benzene rings is 1. The summed E-state index contributed by atoms with van der Waals surface area (Å²) in [6, 6.07) is 11.2. The molecule has 0 unspecified atom stereocenters. The van der Waals surface area contributed by atoms with E-state index < -0.39 is 0 Å². The van der Waals surface area contributed by atoms with E-state index in [1.807, 2.05) is 48.8 Å². The summed E-state index contributed by atoms with van der Waals surface area (Å²) >= 11 is 1.54. The predicted octanol–water partition coefficient (Wildman–Crippen LogP) is 3.06. The molecule has 3 heterocycles. The molecule has 6 nitrogen and oxygen atoms in total. The second kappa shape index (κ2) is 7.54. The van der Waals surface area contributed by atoms with Gasteiger partial charge in [-0.1, -0.05) is 18.2 Å². The molecule has 1 N–H and O–H groups in total. The normalized spacial score (nSPS) is 15.2. The summed E-state index contributed by atoms with van der Waals surface area (Å²) in [6.07, 6.45) is 0.277. The number of para-hydroxylation sites is 1. The van der Waals surface area contributed by atoms with Gasteiger partial charge < -0.3 is 19.5 Å². The molecule has 27 heavy (non-hydrogen) atoms. The Kier molecular flexibility index (Phi) is 4.96. The fraction of sp³-hybridized carbons (Fsp3) is 0.300. The zero-order chi connectivity index (χ0) is 18.8. The number of furan rings is 1. The van der Waals surface area contributed by atoms with E-state index in [0.29, 0.717) is 24.4 Å². The van der Waals surface area contributed by atoms with E-state index in [0.717, 1.165) is 23.4 Å². The van der Waals surface area contributed by atoms with Crippen molar-refractivity contribution >= 4 is 39.8 Å². The molecule has 0 radical (unpaired) electrons. The summed E-state index contributed by atoms with van der Waals surface area (Å²) in [5, 5.41) is 5.60. The van der Waals surface area contributed by atoms with Gasteiger partial charge in [0.1, 0.15) is 11.3 Å². The quantitative estimate of drug-likeness (QED) is 0.752. The molecule has 2 aromatic heterocycles. The predicted molar refractivity (Wildman–Crippen MR) is 106 cm³/mol. The number of amides is 2. The average molecular weight is 383 g/mol. The molecule has 0 bridgehead atoms. The van der Waals surface area contributed by atoms with Crippen LogP contribution in [0.3, 0.4) is 0 Å². The van der Waals surface area contributed by atoms with Crippen LogP contribution in [0.2, 0.25) is 0 Å². The Morgan fingerprint density at radius 3 is 2.63 bits per heavy atom. The van der Waals surface area contributed by atoms with Crippen molar-refractivity contribution in [2.45, 2.75) is 6.42 Å². The molecule has 4 rings (SSSR count). The Hall–Kier alpha value is -2.64. The maximum absolute atomic E-state index is 13.1. The Balaban J connectivity index is 1.63. The summed E-state index contributed by atoms with van der Waals surface area (Å²) < 4.78 is 5.86. The second-order valence-corrected chi connectivity index (χ2v) is 7.73. The molecule has 0 spiro atoms. The maximum Gasteiger partial charge on any atom is 0.291 e. The number of nitrogens with zero attached hydrogens (tertiary/aromatic N) is 2. The first-order valence-corrected chi connectivity index (χ1v) is 9.81. The number of carbonyl (C=O) groups excluding carboxylic acids is 2. The zero-order valence-electron chi connectivity index (χ0n) is 15.1. The molecule has 0 atom stereocenters. The minimum absolute atomic E-state index is 0.156. The fourth-order valence-electron chi connectivity index (χ4n) is 3.23. The lowest BCUT2D eigenvalue weighted by Crippen LogP contribution is -2.47. The third-order valence-corrected chi connectivity index (χ3v) is 5.64. The van der Waals surface area contributed by atoms with Gasteiger partial charge in [-0.15, -0.1) is 11.3 Å². The number of piperazine rings is 1. The number of nitrogens with one attached hydrogen (secondary N) is 1. The highest BCUT2D eigenvalue weighted by Crippen LogP contribution is 2.32. The molecular formula is C20H21N3O3S. The van der Waals surface area contributed by atoms with E-state index in [1.165, 1.54) is 11.3 Å². The molecule has 1 aliphatic heterocycles. The highest BCUT2D eigenvalue weighted by molar-refractivity contribution is 7.10. The smallest absolute Gasteiger partial charge is 0.291 e. The minimum Gasteiger partial charge on any atom is -0.449 e. The summed E-state index contributed by atoms with van der Waals surface area (Å²) in [6.45, 7) is 2.95. The van der Waals surface area contributed by atoms with Gasteiger partial charge in [0.15, 0.2) is 0 Å². The first-order valence-electron chi connectivity index (χ1n) is 8.93. The number of carbonyl (C=O) groups is 2. The van der Waals surface area contributed by atoms with Gasteiger partial charge in [0.2, 0.25) is 11.7 Å². The molecule has 0 saturated carbocycles. The molecular weight excluding hydrogens is 362 g/mol. The van der Waals surface area contributed by atoms with Crippen molar-refractivity contribution in [2.75, 3.05) is 38.5 Å². The monoisotopic (exact) mass is 383 g/mol. The Bertz CT molecular complexity index is 956. The third kappa shape index (κ3) is 3.74. The molecule has 2 amide bonds. The molecule has 1 saturated heterocycles. The van der Waals surface area contributed by atoms with Crippen molar-refractivity contribution in [1.29, 1.82) is 0 Å². The van der Waals surface area contributed by atoms with Crippen LogP contribution in [-0.4, -0.2) is 54.8 Å². The van der Waals surface area contributed by atoms with Crippen LogP contribution in [0.4, 0.5) is 5.69 Å². The van der Waals surface area contributed by atoms with Gasteiger partial charge in [0, 0.05) is 36.4 Å². The summed E-state index contributed by atoms with van der Waals surface area (Å²) in [7, 11) is 2.04. The minimum atomic E-state index is -0.175. The molecule has 0 aliphatic carbocycles.